The van der Waals surface area contributed by atoms with Gasteiger partial charge in [-0.05, 0) is 51.5 Å². The first-order chi connectivity index (χ1) is 10.1. The number of alkyl halides is 3. The molecule has 7 heteroatoms. The molecule has 0 amide bonds. The van der Waals surface area contributed by atoms with Crippen molar-refractivity contribution in [2.45, 2.75) is 102 Å². The van der Waals surface area contributed by atoms with Crippen molar-refractivity contribution in [3.8, 4) is 0 Å². The van der Waals surface area contributed by atoms with E-state index in [1.165, 1.54) is 0 Å². The minimum Gasteiger partial charge on any atom is -0.431 e. The molecule has 0 saturated heterocycles. The van der Waals surface area contributed by atoms with E-state index in [1.54, 1.807) is 6.55 Å². The molecule has 0 aromatic rings. The quantitative estimate of drug-likeness (QED) is 0.496. The van der Waals surface area contributed by atoms with Gasteiger partial charge in [-0.2, -0.15) is 13.2 Å². The molecule has 1 N–H and O–H groups in total. The van der Waals surface area contributed by atoms with Gasteiger partial charge in [-0.1, -0.05) is 27.7 Å². The Balaban J connectivity index is 5.67. The molecule has 0 spiro atoms. The Morgan fingerprint density at radius 1 is 0.957 bits per heavy atom. The first-order valence-corrected chi connectivity index (χ1v) is 14.4. The zero-order valence-corrected chi connectivity index (χ0v) is 18.0. The van der Waals surface area contributed by atoms with Gasteiger partial charge in [0.15, 0.2) is 16.6 Å². The molecule has 0 heterocycles. The summed E-state index contributed by atoms with van der Waals surface area (Å²) in [5.74, 6) is 0. The second kappa shape index (κ2) is 7.58. The maximum Gasteiger partial charge on any atom is 0.388 e. The predicted molar refractivity (Wildman–Crippen MR) is 95.7 cm³/mol. The summed E-state index contributed by atoms with van der Waals surface area (Å²) in [6.07, 6.45) is -3.85. The fourth-order valence-corrected chi connectivity index (χ4v) is 8.53. The second-order valence-corrected chi connectivity index (χ2v) is 16.5. The average molecular weight is 373 g/mol. The molecular formula is C16H35F3O2Si2. The second-order valence-electron chi connectivity index (χ2n) is 7.87. The molecule has 0 aromatic carbocycles. The van der Waals surface area contributed by atoms with Crippen LogP contribution in [0.1, 0.15) is 53.9 Å². The molecule has 0 aliphatic rings. The van der Waals surface area contributed by atoms with Gasteiger partial charge >= 0.3 is 6.18 Å². The van der Waals surface area contributed by atoms with Gasteiger partial charge in [-0.15, -0.1) is 0 Å². The fourth-order valence-electron chi connectivity index (χ4n) is 3.24. The molecule has 3 unspecified atom stereocenters. The molecule has 0 fully saturated rings. The Labute approximate surface area is 142 Å². The van der Waals surface area contributed by atoms with Crippen LogP contribution in [-0.4, -0.2) is 33.2 Å². The highest BCUT2D eigenvalue weighted by molar-refractivity contribution is 6.75. The van der Waals surface area contributed by atoms with Crippen molar-refractivity contribution < 1.29 is 22.4 Å². The highest BCUT2D eigenvalue weighted by Gasteiger charge is 2.57. The summed E-state index contributed by atoms with van der Waals surface area (Å²) in [7, 11) is -5.07. The van der Waals surface area contributed by atoms with Crippen molar-refractivity contribution in [2.75, 3.05) is 0 Å². The Bertz CT molecular complexity index is 386. The van der Waals surface area contributed by atoms with Crippen LogP contribution in [0.3, 0.4) is 0 Å². The minimum absolute atomic E-state index is 0.173. The van der Waals surface area contributed by atoms with Crippen LogP contribution >= 0.6 is 0 Å². The number of rotatable bonds is 9. The van der Waals surface area contributed by atoms with Gasteiger partial charge in [0, 0.05) is 11.5 Å². The van der Waals surface area contributed by atoms with Gasteiger partial charge in [0.25, 0.3) is 0 Å². The lowest BCUT2D eigenvalue weighted by molar-refractivity contribution is -0.131. The summed E-state index contributed by atoms with van der Waals surface area (Å²) in [5.41, 5.74) is -0.602. The summed E-state index contributed by atoms with van der Waals surface area (Å²) >= 11 is 0. The topological polar surface area (TPSA) is 29.5 Å². The molecule has 0 radical (unpaired) electrons. The van der Waals surface area contributed by atoms with E-state index in [1.807, 2.05) is 27.7 Å². The molecule has 0 rings (SSSR count). The Morgan fingerprint density at radius 2 is 1.43 bits per heavy atom. The number of hydrogen-bond donors (Lipinski definition) is 1. The molecule has 140 valence electrons. The molecule has 23 heavy (non-hydrogen) atoms. The van der Waals surface area contributed by atoms with Crippen LogP contribution < -0.4 is 0 Å². The first-order valence-electron chi connectivity index (χ1n) is 8.59. The fraction of sp³-hybridized carbons (Fsp3) is 1.00. The zero-order valence-electron chi connectivity index (χ0n) is 16.0. The van der Waals surface area contributed by atoms with Crippen molar-refractivity contribution in [1.82, 2.24) is 0 Å². The molecule has 0 saturated carbocycles. The summed E-state index contributed by atoms with van der Waals surface area (Å²) < 4.78 is 44.5. The van der Waals surface area contributed by atoms with Crippen LogP contribution in [0, 0.1) is 0 Å². The third-order valence-corrected chi connectivity index (χ3v) is 13.2. The highest BCUT2D eigenvalue weighted by atomic mass is 28.4. The van der Waals surface area contributed by atoms with Crippen molar-refractivity contribution in [1.29, 1.82) is 0 Å². The van der Waals surface area contributed by atoms with Gasteiger partial charge in [0.2, 0.25) is 0 Å². The van der Waals surface area contributed by atoms with Crippen LogP contribution in [0.5, 0.6) is 0 Å². The first kappa shape index (κ1) is 23.1. The van der Waals surface area contributed by atoms with Gasteiger partial charge in [0.05, 0.1) is 5.60 Å². The van der Waals surface area contributed by atoms with Crippen LogP contribution in [0.4, 0.5) is 13.2 Å². The molecule has 2 nitrogen and oxygen atoms in total. The average Bonchev–Trinajstić information content (AvgIpc) is 2.42. The van der Waals surface area contributed by atoms with E-state index in [4.69, 9.17) is 4.43 Å². The normalized spacial score (nSPS) is 21.4. The monoisotopic (exact) mass is 372 g/mol. The maximum absolute atomic E-state index is 12.7. The standard InChI is InChI=1S/C16H35F3O2Si2/c1-9-14(4,21-22(6,7)11-3)15(5,10-2)23(8,20)13-12-16(17,18)19/h20H,9-13H2,1-8H3. The Morgan fingerprint density at radius 3 is 1.74 bits per heavy atom. The van der Waals surface area contributed by atoms with Crippen LogP contribution in [0.15, 0.2) is 0 Å². The lowest BCUT2D eigenvalue weighted by Crippen LogP contribution is -2.59. The van der Waals surface area contributed by atoms with Crippen molar-refractivity contribution in [2.24, 2.45) is 0 Å². The zero-order chi connectivity index (χ0) is 18.7. The maximum atomic E-state index is 12.7. The minimum atomic E-state index is -4.23. The largest absolute Gasteiger partial charge is 0.431 e. The molecule has 0 aliphatic heterocycles. The van der Waals surface area contributed by atoms with Gasteiger partial charge < -0.3 is 9.22 Å². The van der Waals surface area contributed by atoms with Crippen molar-refractivity contribution >= 4 is 16.6 Å². The van der Waals surface area contributed by atoms with E-state index in [0.717, 1.165) is 6.04 Å². The third kappa shape index (κ3) is 5.58. The van der Waals surface area contributed by atoms with Crippen LogP contribution in [0.2, 0.25) is 36.8 Å². The smallest absolute Gasteiger partial charge is 0.388 e. The Kier molecular flexibility index (Phi) is 7.63. The molecule has 0 bridgehead atoms. The van der Waals surface area contributed by atoms with E-state index in [0.29, 0.717) is 12.8 Å². The summed E-state index contributed by atoms with van der Waals surface area (Å²) in [4.78, 5) is 11.1. The number of hydrogen-bond acceptors (Lipinski definition) is 2. The van der Waals surface area contributed by atoms with Crippen LogP contribution in [0.25, 0.3) is 0 Å². The molecule has 0 aromatic heterocycles. The van der Waals surface area contributed by atoms with E-state index < -0.39 is 39.9 Å². The van der Waals surface area contributed by atoms with E-state index in [2.05, 4.69) is 20.0 Å². The summed E-state index contributed by atoms with van der Waals surface area (Å²) in [6, 6.07) is 0.766. The lowest BCUT2D eigenvalue weighted by Gasteiger charge is -2.55. The SMILES string of the molecule is CCC(C)(O[Si](C)(C)CC)C(C)(CC)[Si](C)(O)CCC(F)(F)F. The lowest BCUT2D eigenvalue weighted by atomic mass is 9.85. The van der Waals surface area contributed by atoms with Crippen molar-refractivity contribution in [3.63, 3.8) is 0 Å². The van der Waals surface area contributed by atoms with E-state index in [9.17, 15) is 18.0 Å². The van der Waals surface area contributed by atoms with Gasteiger partial charge in [-0.25, -0.2) is 0 Å². The highest BCUT2D eigenvalue weighted by Crippen LogP contribution is 2.55. The van der Waals surface area contributed by atoms with Gasteiger partial charge in [-0.3, -0.25) is 0 Å². The third-order valence-electron chi connectivity index (χ3n) is 5.99. The number of halogens is 3. The summed E-state index contributed by atoms with van der Waals surface area (Å²) in [5, 5.41) is -0.626. The Hall–Kier alpha value is 0.144. The van der Waals surface area contributed by atoms with Crippen molar-refractivity contribution in [3.05, 3.63) is 0 Å². The van der Waals surface area contributed by atoms with Crippen LogP contribution in [-0.2, 0) is 4.43 Å². The molecule has 0 aliphatic carbocycles. The molecule has 3 atom stereocenters. The predicted octanol–water partition coefficient (Wildman–Crippen LogP) is 6.09. The van der Waals surface area contributed by atoms with Gasteiger partial charge in [0.1, 0.15) is 0 Å². The molecular weight excluding hydrogens is 337 g/mol. The van der Waals surface area contributed by atoms with E-state index >= 15 is 0 Å². The summed E-state index contributed by atoms with van der Waals surface area (Å²) in [6.45, 7) is 15.9. The van der Waals surface area contributed by atoms with E-state index in [-0.39, 0.29) is 6.04 Å².